The number of ether oxygens (including phenoxy) is 2. The van der Waals surface area contributed by atoms with Crippen molar-refractivity contribution in [2.75, 3.05) is 38.2 Å². The molecule has 1 heterocycles. The van der Waals surface area contributed by atoms with Crippen LogP contribution in [-0.2, 0) is 0 Å². The summed E-state index contributed by atoms with van der Waals surface area (Å²) < 4.78 is 11.4. The van der Waals surface area contributed by atoms with Crippen molar-refractivity contribution in [2.24, 2.45) is 10.9 Å². The number of aliphatic imine (C=N–C) groups is 1. The van der Waals surface area contributed by atoms with Gasteiger partial charge in [-0.2, -0.15) is 0 Å². The second-order valence-corrected chi connectivity index (χ2v) is 6.22. The number of guanidine groups is 1. The van der Waals surface area contributed by atoms with Crippen LogP contribution in [0.1, 0.15) is 39.5 Å². The van der Waals surface area contributed by atoms with E-state index < -0.39 is 0 Å². The molecule has 0 spiro atoms. The van der Waals surface area contributed by atoms with E-state index in [1.165, 1.54) is 0 Å². The van der Waals surface area contributed by atoms with E-state index in [1.54, 1.807) is 0 Å². The highest BCUT2D eigenvalue weighted by Gasteiger charge is 2.12. The first kappa shape index (κ1) is 22.8. The number of hydrogen-bond acceptors (Lipinski definition) is 4. The minimum Gasteiger partial charge on any atom is -0.490 e. The zero-order valence-corrected chi connectivity index (χ0v) is 18.1. The minimum atomic E-state index is 0. The molecule has 0 saturated carbocycles. The third-order valence-electron chi connectivity index (χ3n) is 4.10. The van der Waals surface area contributed by atoms with Crippen molar-refractivity contribution >= 4 is 35.6 Å². The Morgan fingerprint density at radius 1 is 1.19 bits per heavy atom. The Morgan fingerprint density at radius 3 is 2.65 bits per heavy atom. The van der Waals surface area contributed by atoms with Crippen molar-refractivity contribution < 1.29 is 14.6 Å². The third-order valence-corrected chi connectivity index (χ3v) is 4.10. The first-order chi connectivity index (χ1) is 12.3. The van der Waals surface area contributed by atoms with E-state index in [0.29, 0.717) is 25.7 Å². The van der Waals surface area contributed by atoms with Gasteiger partial charge in [0.1, 0.15) is 0 Å². The maximum absolute atomic E-state index is 9.20. The molecule has 0 radical (unpaired) electrons. The number of nitrogens with zero attached hydrogens (tertiary/aromatic N) is 1. The van der Waals surface area contributed by atoms with Gasteiger partial charge in [0.2, 0.25) is 0 Å². The van der Waals surface area contributed by atoms with Crippen molar-refractivity contribution in [2.45, 2.75) is 39.5 Å². The van der Waals surface area contributed by atoms with Gasteiger partial charge in [0.25, 0.3) is 0 Å². The van der Waals surface area contributed by atoms with Crippen molar-refractivity contribution in [1.29, 1.82) is 0 Å². The van der Waals surface area contributed by atoms with Crippen molar-refractivity contribution in [3.8, 4) is 11.5 Å². The van der Waals surface area contributed by atoms with E-state index in [-0.39, 0.29) is 30.6 Å². The molecule has 1 unspecified atom stereocenters. The Hall–Kier alpha value is -1.22. The van der Waals surface area contributed by atoms with Crippen LogP contribution in [0.4, 0.5) is 5.69 Å². The molecule has 0 fully saturated rings. The van der Waals surface area contributed by atoms with E-state index >= 15 is 0 Å². The number of rotatable bonds is 8. The second kappa shape index (κ2) is 13.0. The van der Waals surface area contributed by atoms with Gasteiger partial charge in [-0.25, -0.2) is 0 Å². The third kappa shape index (κ3) is 7.57. The average molecular weight is 477 g/mol. The summed E-state index contributed by atoms with van der Waals surface area (Å²) in [5, 5.41) is 15.8. The molecule has 1 aliphatic rings. The van der Waals surface area contributed by atoms with Crippen LogP contribution in [0.25, 0.3) is 0 Å². The maximum Gasteiger partial charge on any atom is 0.195 e. The summed E-state index contributed by atoms with van der Waals surface area (Å²) in [5.74, 6) is 2.71. The lowest BCUT2D eigenvalue weighted by atomic mass is 10.0. The van der Waals surface area contributed by atoms with Crippen LogP contribution in [0.3, 0.4) is 0 Å². The summed E-state index contributed by atoms with van der Waals surface area (Å²) in [4.78, 5) is 4.69. The molecule has 1 aromatic rings. The quantitative estimate of drug-likeness (QED) is 0.303. The summed E-state index contributed by atoms with van der Waals surface area (Å²) in [5.41, 5.74) is 0.915. The molecule has 3 N–H and O–H groups in total. The summed E-state index contributed by atoms with van der Waals surface area (Å²) in [6, 6.07) is 5.85. The second-order valence-electron chi connectivity index (χ2n) is 6.22. The maximum atomic E-state index is 9.20. The van der Waals surface area contributed by atoms with E-state index in [9.17, 15) is 5.11 Å². The molecular weight excluding hydrogens is 445 g/mol. The largest absolute Gasteiger partial charge is 0.490 e. The number of halogens is 1. The van der Waals surface area contributed by atoms with Crippen LogP contribution in [0.2, 0.25) is 0 Å². The van der Waals surface area contributed by atoms with Gasteiger partial charge in [0.05, 0.1) is 13.2 Å². The highest BCUT2D eigenvalue weighted by atomic mass is 127. The zero-order chi connectivity index (χ0) is 17.9. The lowest BCUT2D eigenvalue weighted by Crippen LogP contribution is -2.31. The number of benzene rings is 1. The first-order valence-electron chi connectivity index (χ1n) is 9.32. The molecule has 6 nitrogen and oxygen atoms in total. The molecule has 2 rings (SSSR count). The minimum absolute atomic E-state index is 0. The number of aliphatic hydroxyl groups is 1. The highest BCUT2D eigenvalue weighted by molar-refractivity contribution is 14.0. The number of hydrogen-bond donors (Lipinski definition) is 3. The predicted octanol–water partition coefficient (Wildman–Crippen LogP) is 3.64. The van der Waals surface area contributed by atoms with Crippen LogP contribution < -0.4 is 20.1 Å². The molecule has 1 atom stereocenters. The smallest absolute Gasteiger partial charge is 0.195 e. The van der Waals surface area contributed by atoms with Gasteiger partial charge in [-0.3, -0.25) is 4.99 Å². The molecule has 0 aliphatic carbocycles. The van der Waals surface area contributed by atoms with Crippen LogP contribution in [0.15, 0.2) is 23.2 Å². The van der Waals surface area contributed by atoms with E-state index in [4.69, 9.17) is 9.47 Å². The fraction of sp³-hybridized carbons (Fsp3) is 0.632. The van der Waals surface area contributed by atoms with Gasteiger partial charge in [0, 0.05) is 37.9 Å². The van der Waals surface area contributed by atoms with Gasteiger partial charge < -0.3 is 25.2 Å². The van der Waals surface area contributed by atoms with Gasteiger partial charge in [-0.1, -0.05) is 13.3 Å². The monoisotopic (exact) mass is 477 g/mol. The Kier molecular flexibility index (Phi) is 11.4. The predicted molar refractivity (Wildman–Crippen MR) is 117 cm³/mol. The Labute approximate surface area is 173 Å². The van der Waals surface area contributed by atoms with E-state index in [0.717, 1.165) is 55.4 Å². The van der Waals surface area contributed by atoms with Gasteiger partial charge in [-0.15, -0.1) is 24.0 Å². The van der Waals surface area contributed by atoms with Crippen LogP contribution >= 0.6 is 24.0 Å². The Balaban J connectivity index is 0.00000338. The molecule has 1 aliphatic heterocycles. The average Bonchev–Trinajstić information content (AvgIpc) is 2.85. The summed E-state index contributed by atoms with van der Waals surface area (Å²) >= 11 is 0. The lowest BCUT2D eigenvalue weighted by molar-refractivity contribution is 0.253. The fourth-order valence-corrected chi connectivity index (χ4v) is 2.82. The Morgan fingerprint density at radius 2 is 1.96 bits per heavy atom. The van der Waals surface area contributed by atoms with Crippen molar-refractivity contribution in [1.82, 2.24) is 5.32 Å². The van der Waals surface area contributed by atoms with Gasteiger partial charge in [-0.05, 0) is 37.8 Å². The fourth-order valence-electron chi connectivity index (χ4n) is 2.82. The number of aliphatic hydroxyl groups excluding tert-OH is 1. The normalized spacial score (nSPS) is 14.8. The molecule has 1 aromatic carbocycles. The summed E-state index contributed by atoms with van der Waals surface area (Å²) in [6.07, 6.45) is 3.87. The van der Waals surface area contributed by atoms with Gasteiger partial charge >= 0.3 is 0 Å². The van der Waals surface area contributed by atoms with E-state index in [2.05, 4.69) is 22.5 Å². The SMILES string of the molecule is CCCC(CCO)CN=C(NCC)Nc1ccc2c(c1)OCCCO2.I. The molecule has 7 heteroatoms. The van der Waals surface area contributed by atoms with Gasteiger partial charge in [0.15, 0.2) is 17.5 Å². The number of anilines is 1. The van der Waals surface area contributed by atoms with Crippen molar-refractivity contribution in [3.63, 3.8) is 0 Å². The molecule has 26 heavy (non-hydrogen) atoms. The van der Waals surface area contributed by atoms with Crippen molar-refractivity contribution in [3.05, 3.63) is 18.2 Å². The molecule has 0 bridgehead atoms. The zero-order valence-electron chi connectivity index (χ0n) is 15.8. The molecule has 148 valence electrons. The molecule has 0 amide bonds. The first-order valence-corrected chi connectivity index (χ1v) is 9.32. The van der Waals surface area contributed by atoms with Crippen LogP contribution in [0.5, 0.6) is 11.5 Å². The number of nitrogens with one attached hydrogen (secondary N) is 2. The van der Waals surface area contributed by atoms with Crippen LogP contribution in [0, 0.1) is 5.92 Å². The summed E-state index contributed by atoms with van der Waals surface area (Å²) in [7, 11) is 0. The molecular formula is C19H32IN3O3. The number of fused-ring (bicyclic) bond motifs is 1. The summed E-state index contributed by atoms with van der Waals surface area (Å²) in [6.45, 7) is 7.27. The van der Waals surface area contributed by atoms with Crippen LogP contribution in [-0.4, -0.2) is 44.0 Å². The lowest BCUT2D eigenvalue weighted by Gasteiger charge is -2.16. The Bertz CT molecular complexity index is 549. The topological polar surface area (TPSA) is 75.1 Å². The molecule has 0 saturated heterocycles. The van der Waals surface area contributed by atoms with E-state index in [1.807, 2.05) is 25.1 Å². The highest BCUT2D eigenvalue weighted by Crippen LogP contribution is 2.32. The standard InChI is InChI=1S/C19H31N3O3.HI/c1-3-6-15(9-10-23)14-21-19(20-4-2)22-16-7-8-17-18(13-16)25-12-5-11-24-17;/h7-8,13,15,23H,3-6,9-12,14H2,1-2H3,(H2,20,21,22);1H. The molecule has 0 aromatic heterocycles.